The highest BCUT2D eigenvalue weighted by atomic mass is 127. The number of rotatable bonds is 2. The van der Waals surface area contributed by atoms with Crippen molar-refractivity contribution in [2.75, 3.05) is 0 Å². The average molecular weight is 348 g/mol. The van der Waals surface area contributed by atoms with Crippen LogP contribution in [0.1, 0.15) is 29.6 Å². The molecule has 3 aliphatic rings. The van der Waals surface area contributed by atoms with Crippen LogP contribution in [-0.4, -0.2) is 11.4 Å². The van der Waals surface area contributed by atoms with Crippen LogP contribution in [0.2, 0.25) is 5.02 Å². The molecular weight excluding hydrogens is 336 g/mol. The maximum Gasteiger partial charge on any atom is 0.251 e. The number of carbonyl (C=O) groups is 1. The van der Waals surface area contributed by atoms with Crippen molar-refractivity contribution in [2.45, 2.75) is 24.8 Å². The first-order chi connectivity index (χ1) is 7.58. The number of carbonyl (C=O) groups excluding carboxylic acids is 1. The molecular formula is C12H11ClINO. The Balaban J connectivity index is 1.75. The van der Waals surface area contributed by atoms with Gasteiger partial charge in [-0.05, 0) is 66.0 Å². The summed E-state index contributed by atoms with van der Waals surface area (Å²) < 4.78 is 0.921. The average Bonchev–Trinajstić information content (AvgIpc) is 2.13. The Morgan fingerprint density at radius 1 is 1.44 bits per heavy atom. The molecule has 2 bridgehead atoms. The molecule has 84 valence electrons. The van der Waals surface area contributed by atoms with Crippen molar-refractivity contribution >= 4 is 40.1 Å². The van der Waals surface area contributed by atoms with E-state index in [9.17, 15) is 4.79 Å². The predicted octanol–water partition coefficient (Wildman–Crippen LogP) is 3.23. The molecule has 1 aromatic carbocycles. The molecule has 1 aromatic rings. The fraction of sp³-hybridized carbons (Fsp3) is 0.417. The summed E-state index contributed by atoms with van der Waals surface area (Å²) in [7, 11) is 0. The van der Waals surface area contributed by atoms with E-state index >= 15 is 0 Å². The molecule has 4 heteroatoms. The minimum Gasteiger partial charge on any atom is -0.347 e. The molecule has 3 saturated carbocycles. The van der Waals surface area contributed by atoms with E-state index in [-0.39, 0.29) is 11.4 Å². The van der Waals surface area contributed by atoms with Gasteiger partial charge in [0, 0.05) is 14.7 Å². The SMILES string of the molecule is O=C(NC12CC(C1)C2)c1ccc(Cl)c(I)c1. The Bertz CT molecular complexity index is 457. The maximum atomic E-state index is 12.0. The van der Waals surface area contributed by atoms with Crippen LogP contribution in [0, 0.1) is 9.49 Å². The first kappa shape index (κ1) is 10.8. The van der Waals surface area contributed by atoms with E-state index in [1.54, 1.807) is 12.1 Å². The first-order valence-electron chi connectivity index (χ1n) is 5.36. The standard InChI is InChI=1S/C12H11ClINO/c13-9-2-1-8(3-10(9)14)11(16)15-12-4-7(5-12)6-12/h1-3,7H,4-6H2,(H,15,16). The van der Waals surface area contributed by atoms with Crippen LogP contribution in [0.4, 0.5) is 0 Å². The summed E-state index contributed by atoms with van der Waals surface area (Å²) >= 11 is 8.07. The Morgan fingerprint density at radius 3 is 2.62 bits per heavy atom. The highest BCUT2D eigenvalue weighted by molar-refractivity contribution is 14.1. The van der Waals surface area contributed by atoms with E-state index in [1.807, 2.05) is 6.07 Å². The van der Waals surface area contributed by atoms with Crippen molar-refractivity contribution in [3.63, 3.8) is 0 Å². The predicted molar refractivity (Wildman–Crippen MR) is 71.7 cm³/mol. The van der Waals surface area contributed by atoms with Crippen LogP contribution in [0.25, 0.3) is 0 Å². The number of nitrogens with one attached hydrogen (secondary N) is 1. The Morgan fingerprint density at radius 2 is 2.12 bits per heavy atom. The third-order valence-corrected chi connectivity index (χ3v) is 5.14. The van der Waals surface area contributed by atoms with Gasteiger partial charge in [0.15, 0.2) is 0 Å². The lowest BCUT2D eigenvalue weighted by atomic mass is 9.50. The lowest BCUT2D eigenvalue weighted by Gasteiger charge is -2.61. The summed E-state index contributed by atoms with van der Waals surface area (Å²) in [6, 6.07) is 5.40. The van der Waals surface area contributed by atoms with Crippen LogP contribution >= 0.6 is 34.2 Å². The van der Waals surface area contributed by atoms with Gasteiger partial charge in [-0.1, -0.05) is 11.6 Å². The first-order valence-corrected chi connectivity index (χ1v) is 6.81. The summed E-state index contributed by atoms with van der Waals surface area (Å²) in [6.45, 7) is 0. The van der Waals surface area contributed by atoms with Crippen LogP contribution in [0.3, 0.4) is 0 Å². The second kappa shape index (κ2) is 3.60. The van der Waals surface area contributed by atoms with Gasteiger partial charge in [-0.15, -0.1) is 0 Å². The highest BCUT2D eigenvalue weighted by Gasteiger charge is 2.57. The monoisotopic (exact) mass is 347 g/mol. The molecule has 1 N–H and O–H groups in total. The fourth-order valence-corrected chi connectivity index (χ4v) is 3.21. The van der Waals surface area contributed by atoms with E-state index in [4.69, 9.17) is 11.6 Å². The minimum atomic E-state index is 0.0349. The zero-order valence-corrected chi connectivity index (χ0v) is 11.5. The van der Waals surface area contributed by atoms with Gasteiger partial charge >= 0.3 is 0 Å². The zero-order valence-electron chi connectivity index (χ0n) is 8.59. The highest BCUT2D eigenvalue weighted by Crippen LogP contribution is 2.56. The quantitative estimate of drug-likeness (QED) is 0.818. The molecule has 0 aromatic heterocycles. The molecule has 3 fully saturated rings. The summed E-state index contributed by atoms with van der Waals surface area (Å²) in [5.41, 5.74) is 0.853. The molecule has 0 unspecified atom stereocenters. The zero-order chi connectivity index (χ0) is 11.3. The smallest absolute Gasteiger partial charge is 0.251 e. The molecule has 3 aliphatic carbocycles. The van der Waals surface area contributed by atoms with Gasteiger partial charge in [0.25, 0.3) is 5.91 Å². The Kier molecular flexibility index (Phi) is 2.44. The van der Waals surface area contributed by atoms with Crippen molar-refractivity contribution in [3.05, 3.63) is 32.4 Å². The third-order valence-electron chi connectivity index (χ3n) is 3.60. The molecule has 0 saturated heterocycles. The van der Waals surface area contributed by atoms with Crippen LogP contribution in [0.5, 0.6) is 0 Å². The normalized spacial score (nSPS) is 30.2. The molecule has 1 amide bonds. The van der Waals surface area contributed by atoms with Crippen LogP contribution < -0.4 is 5.32 Å². The molecule has 16 heavy (non-hydrogen) atoms. The van der Waals surface area contributed by atoms with Gasteiger partial charge < -0.3 is 5.32 Å². The Hall–Kier alpha value is -0.290. The second-order valence-electron chi connectivity index (χ2n) is 4.84. The molecule has 0 spiro atoms. The number of benzene rings is 1. The fourth-order valence-electron chi connectivity index (χ4n) is 2.58. The van der Waals surface area contributed by atoms with Crippen molar-refractivity contribution in [3.8, 4) is 0 Å². The molecule has 0 radical (unpaired) electrons. The van der Waals surface area contributed by atoms with Crippen molar-refractivity contribution < 1.29 is 4.79 Å². The molecule has 0 aliphatic heterocycles. The van der Waals surface area contributed by atoms with E-state index in [0.29, 0.717) is 10.6 Å². The number of hydrogen-bond acceptors (Lipinski definition) is 1. The van der Waals surface area contributed by atoms with Crippen molar-refractivity contribution in [2.24, 2.45) is 5.92 Å². The second-order valence-corrected chi connectivity index (χ2v) is 6.41. The summed E-state index contributed by atoms with van der Waals surface area (Å²) in [4.78, 5) is 12.0. The van der Waals surface area contributed by atoms with Gasteiger partial charge in [-0.2, -0.15) is 0 Å². The lowest BCUT2D eigenvalue weighted by Crippen LogP contribution is -2.68. The largest absolute Gasteiger partial charge is 0.347 e. The molecule has 0 heterocycles. The summed E-state index contributed by atoms with van der Waals surface area (Å²) in [5, 5.41) is 3.83. The van der Waals surface area contributed by atoms with Crippen LogP contribution in [0.15, 0.2) is 18.2 Å². The van der Waals surface area contributed by atoms with Crippen molar-refractivity contribution in [1.29, 1.82) is 0 Å². The van der Waals surface area contributed by atoms with E-state index < -0.39 is 0 Å². The van der Waals surface area contributed by atoms with E-state index in [1.165, 1.54) is 19.3 Å². The number of halogens is 2. The van der Waals surface area contributed by atoms with Gasteiger partial charge in [-0.3, -0.25) is 4.79 Å². The molecule has 2 nitrogen and oxygen atoms in total. The number of amides is 1. The number of hydrogen-bond donors (Lipinski definition) is 1. The summed E-state index contributed by atoms with van der Waals surface area (Å²) in [5.74, 6) is 0.915. The van der Waals surface area contributed by atoms with Gasteiger partial charge in [0.1, 0.15) is 0 Å². The molecule has 0 atom stereocenters. The minimum absolute atomic E-state index is 0.0349. The summed E-state index contributed by atoms with van der Waals surface area (Å²) in [6.07, 6.45) is 3.51. The van der Waals surface area contributed by atoms with Gasteiger partial charge in [0.2, 0.25) is 0 Å². The lowest BCUT2D eigenvalue weighted by molar-refractivity contribution is -0.0438. The van der Waals surface area contributed by atoms with Gasteiger partial charge in [-0.25, -0.2) is 0 Å². The maximum absolute atomic E-state index is 12.0. The third kappa shape index (κ3) is 1.64. The van der Waals surface area contributed by atoms with Crippen molar-refractivity contribution in [1.82, 2.24) is 5.32 Å². The topological polar surface area (TPSA) is 29.1 Å². The van der Waals surface area contributed by atoms with Gasteiger partial charge in [0.05, 0.1) is 5.02 Å². The van der Waals surface area contributed by atoms with Crippen LogP contribution in [-0.2, 0) is 0 Å². The van der Waals surface area contributed by atoms with E-state index in [0.717, 1.165) is 9.49 Å². The van der Waals surface area contributed by atoms with E-state index in [2.05, 4.69) is 27.9 Å². The molecule has 4 rings (SSSR count). The Labute approximate surface area is 113 Å².